The van der Waals surface area contributed by atoms with Crippen molar-refractivity contribution < 1.29 is 4.79 Å². The van der Waals surface area contributed by atoms with Gasteiger partial charge in [0.1, 0.15) is 4.83 Å². The number of nitrogens with zero attached hydrogens (tertiary/aromatic N) is 3. The molecule has 3 heterocycles. The molecule has 140 valence electrons. The molecule has 0 bridgehead atoms. The molecule has 2 aromatic heterocycles. The highest BCUT2D eigenvalue weighted by molar-refractivity contribution is 7.18. The molecule has 26 heavy (non-hydrogen) atoms. The Labute approximate surface area is 158 Å². The average molecular weight is 374 g/mol. The molecule has 2 aromatic rings. The van der Waals surface area contributed by atoms with Crippen LogP contribution in [0.3, 0.4) is 0 Å². The Morgan fingerprint density at radius 2 is 2.00 bits per heavy atom. The normalized spacial score (nSPS) is 21.4. The number of hydrogen-bond donors (Lipinski definition) is 0. The van der Waals surface area contributed by atoms with Crippen molar-refractivity contribution in [2.24, 2.45) is 11.8 Å². The van der Waals surface area contributed by atoms with E-state index in [9.17, 15) is 9.59 Å². The molecule has 6 heteroatoms. The van der Waals surface area contributed by atoms with E-state index in [0.29, 0.717) is 5.92 Å². The van der Waals surface area contributed by atoms with Crippen LogP contribution in [-0.2, 0) is 17.6 Å². The third-order valence-corrected chi connectivity index (χ3v) is 7.07. The van der Waals surface area contributed by atoms with Crippen LogP contribution in [0, 0.1) is 11.8 Å². The molecule has 0 saturated carbocycles. The topological polar surface area (TPSA) is 55.2 Å². The van der Waals surface area contributed by atoms with Gasteiger partial charge in [0.2, 0.25) is 5.91 Å². The lowest BCUT2D eigenvalue weighted by atomic mass is 9.89. The summed E-state index contributed by atoms with van der Waals surface area (Å²) < 4.78 is 1.84. The zero-order valence-electron chi connectivity index (χ0n) is 15.8. The first-order chi connectivity index (χ1) is 12.5. The van der Waals surface area contributed by atoms with Gasteiger partial charge in [-0.05, 0) is 43.6 Å². The van der Waals surface area contributed by atoms with E-state index < -0.39 is 0 Å². The van der Waals surface area contributed by atoms with Crippen molar-refractivity contribution in [2.75, 3.05) is 13.1 Å². The third-order valence-electron chi connectivity index (χ3n) is 5.90. The predicted octanol–water partition coefficient (Wildman–Crippen LogP) is 3.40. The molecule has 2 aliphatic rings. The quantitative estimate of drug-likeness (QED) is 0.811. The van der Waals surface area contributed by atoms with Gasteiger partial charge in [0, 0.05) is 29.9 Å². The van der Waals surface area contributed by atoms with E-state index in [0.717, 1.165) is 55.4 Å². The molecule has 0 aromatic carbocycles. The number of aryl methyl sites for hydroxylation is 1. The Morgan fingerprint density at radius 1 is 1.27 bits per heavy atom. The van der Waals surface area contributed by atoms with Crippen molar-refractivity contribution in [3.63, 3.8) is 0 Å². The number of rotatable bonds is 2. The van der Waals surface area contributed by atoms with Gasteiger partial charge in [0.15, 0.2) is 0 Å². The molecule has 1 amide bonds. The number of fused-ring (bicyclic) bond motifs is 3. The molecule has 1 aliphatic heterocycles. The Hall–Kier alpha value is -1.69. The summed E-state index contributed by atoms with van der Waals surface area (Å²) in [4.78, 5) is 34.2. The first-order valence-corrected chi connectivity index (χ1v) is 10.6. The van der Waals surface area contributed by atoms with Crippen molar-refractivity contribution in [2.45, 2.75) is 58.9 Å². The summed E-state index contributed by atoms with van der Waals surface area (Å²) in [5.41, 5.74) is 1.37. The van der Waals surface area contributed by atoms with Crippen LogP contribution >= 0.6 is 11.3 Å². The van der Waals surface area contributed by atoms with Crippen LogP contribution in [0.25, 0.3) is 10.2 Å². The fourth-order valence-electron chi connectivity index (χ4n) is 4.33. The third kappa shape index (κ3) is 2.98. The van der Waals surface area contributed by atoms with Crippen LogP contribution in [-0.4, -0.2) is 33.4 Å². The zero-order chi connectivity index (χ0) is 18.4. The SMILES string of the molecule is CC(C)C(=O)N1CCC(n2cnc3sc4c(c3c2=O)CC[C@H](C)C4)CC1. The van der Waals surface area contributed by atoms with E-state index in [1.165, 1.54) is 10.4 Å². The molecule has 1 aliphatic carbocycles. The maximum Gasteiger partial charge on any atom is 0.262 e. The largest absolute Gasteiger partial charge is 0.342 e. The molecule has 0 unspecified atom stereocenters. The van der Waals surface area contributed by atoms with Crippen LogP contribution in [0.2, 0.25) is 0 Å². The van der Waals surface area contributed by atoms with E-state index in [4.69, 9.17) is 0 Å². The summed E-state index contributed by atoms with van der Waals surface area (Å²) in [7, 11) is 0. The van der Waals surface area contributed by atoms with E-state index in [-0.39, 0.29) is 23.4 Å². The Kier molecular flexibility index (Phi) is 4.63. The van der Waals surface area contributed by atoms with Crippen molar-refractivity contribution in [3.05, 3.63) is 27.1 Å². The van der Waals surface area contributed by atoms with Gasteiger partial charge in [-0.15, -0.1) is 11.3 Å². The smallest absolute Gasteiger partial charge is 0.262 e. The zero-order valence-corrected chi connectivity index (χ0v) is 16.6. The monoisotopic (exact) mass is 373 g/mol. The van der Waals surface area contributed by atoms with E-state index in [2.05, 4.69) is 11.9 Å². The Bertz CT molecular complexity index is 890. The second-order valence-electron chi connectivity index (χ2n) is 8.20. The molecule has 1 atom stereocenters. The highest BCUT2D eigenvalue weighted by Gasteiger charge is 2.28. The highest BCUT2D eigenvalue weighted by atomic mass is 32.1. The number of aromatic nitrogens is 2. The standard InChI is InChI=1S/C20H27N3O2S/c1-12(2)19(24)22-8-6-14(7-9-22)23-11-21-18-17(20(23)25)15-5-4-13(3)10-16(15)26-18/h11-14H,4-10H2,1-3H3/t13-/m0/s1. The number of amides is 1. The van der Waals surface area contributed by atoms with Gasteiger partial charge >= 0.3 is 0 Å². The lowest BCUT2D eigenvalue weighted by molar-refractivity contribution is -0.135. The summed E-state index contributed by atoms with van der Waals surface area (Å²) in [6, 6.07) is 0.147. The number of piperidine rings is 1. The van der Waals surface area contributed by atoms with Gasteiger partial charge in [0.25, 0.3) is 5.56 Å². The number of thiophene rings is 1. The Balaban J connectivity index is 1.61. The molecule has 1 saturated heterocycles. The van der Waals surface area contributed by atoms with E-state index in [1.807, 2.05) is 23.3 Å². The molecule has 0 radical (unpaired) electrons. The fraction of sp³-hybridized carbons (Fsp3) is 0.650. The summed E-state index contributed by atoms with van der Waals surface area (Å²) in [5, 5.41) is 0.861. The van der Waals surface area contributed by atoms with Crippen LogP contribution < -0.4 is 5.56 Å². The van der Waals surface area contributed by atoms with Crippen molar-refractivity contribution >= 4 is 27.5 Å². The van der Waals surface area contributed by atoms with Crippen molar-refractivity contribution in [1.29, 1.82) is 0 Å². The van der Waals surface area contributed by atoms with Gasteiger partial charge in [-0.25, -0.2) is 4.98 Å². The summed E-state index contributed by atoms with van der Waals surface area (Å²) in [5.74, 6) is 0.943. The van der Waals surface area contributed by atoms with Crippen molar-refractivity contribution in [3.8, 4) is 0 Å². The van der Waals surface area contributed by atoms with Crippen LogP contribution in [0.1, 0.15) is 56.5 Å². The van der Waals surface area contributed by atoms with Crippen LogP contribution in [0.5, 0.6) is 0 Å². The predicted molar refractivity (Wildman–Crippen MR) is 105 cm³/mol. The molecule has 0 spiro atoms. The molecular formula is C20H27N3O2S. The molecule has 1 fully saturated rings. The summed E-state index contributed by atoms with van der Waals surface area (Å²) >= 11 is 1.70. The number of likely N-dealkylation sites (tertiary alicyclic amines) is 1. The summed E-state index contributed by atoms with van der Waals surface area (Å²) in [6.07, 6.45) is 6.62. The van der Waals surface area contributed by atoms with Crippen LogP contribution in [0.15, 0.2) is 11.1 Å². The molecular weight excluding hydrogens is 346 g/mol. The number of carbonyl (C=O) groups excluding carboxylic acids is 1. The summed E-state index contributed by atoms with van der Waals surface area (Å²) in [6.45, 7) is 7.62. The first-order valence-electron chi connectivity index (χ1n) is 9.76. The fourth-order valence-corrected chi connectivity index (χ4v) is 5.67. The number of carbonyl (C=O) groups is 1. The van der Waals surface area contributed by atoms with Gasteiger partial charge < -0.3 is 4.90 Å². The van der Waals surface area contributed by atoms with Crippen LogP contribution in [0.4, 0.5) is 0 Å². The minimum Gasteiger partial charge on any atom is -0.342 e. The molecule has 4 rings (SSSR count). The number of hydrogen-bond acceptors (Lipinski definition) is 4. The lowest BCUT2D eigenvalue weighted by Gasteiger charge is -2.33. The molecule has 0 N–H and O–H groups in total. The average Bonchev–Trinajstić information content (AvgIpc) is 2.99. The maximum atomic E-state index is 13.2. The van der Waals surface area contributed by atoms with E-state index in [1.54, 1.807) is 17.7 Å². The highest BCUT2D eigenvalue weighted by Crippen LogP contribution is 2.36. The minimum absolute atomic E-state index is 0.0343. The first kappa shape index (κ1) is 17.7. The second-order valence-corrected chi connectivity index (χ2v) is 9.28. The lowest BCUT2D eigenvalue weighted by Crippen LogP contribution is -2.42. The van der Waals surface area contributed by atoms with Gasteiger partial charge in [0.05, 0.1) is 11.7 Å². The molecule has 5 nitrogen and oxygen atoms in total. The van der Waals surface area contributed by atoms with Gasteiger partial charge in [-0.2, -0.15) is 0 Å². The Morgan fingerprint density at radius 3 is 2.69 bits per heavy atom. The van der Waals surface area contributed by atoms with Gasteiger partial charge in [-0.3, -0.25) is 14.2 Å². The second kappa shape index (κ2) is 6.80. The maximum absolute atomic E-state index is 13.2. The minimum atomic E-state index is 0.0343. The van der Waals surface area contributed by atoms with Gasteiger partial charge in [-0.1, -0.05) is 20.8 Å². The van der Waals surface area contributed by atoms with Crippen molar-refractivity contribution in [1.82, 2.24) is 14.5 Å². The van der Waals surface area contributed by atoms with E-state index >= 15 is 0 Å².